The quantitative estimate of drug-likeness (QED) is 0.850. The number of nitrogens with one attached hydrogen (secondary N) is 1. The highest BCUT2D eigenvalue weighted by atomic mass is 35.5. The number of ether oxygens (including phenoxy) is 1. The second-order valence-electron chi connectivity index (χ2n) is 7.23. The number of amides is 2. The van der Waals surface area contributed by atoms with Crippen LogP contribution >= 0.6 is 11.6 Å². The van der Waals surface area contributed by atoms with Gasteiger partial charge in [-0.05, 0) is 49.1 Å². The maximum atomic E-state index is 12.9. The highest BCUT2D eigenvalue weighted by Crippen LogP contribution is 2.34. The van der Waals surface area contributed by atoms with Crippen molar-refractivity contribution in [3.05, 3.63) is 76.0 Å². The Morgan fingerprint density at radius 1 is 1.29 bits per heavy atom. The fourth-order valence-corrected chi connectivity index (χ4v) is 3.85. The van der Waals surface area contributed by atoms with Crippen molar-refractivity contribution in [2.75, 3.05) is 0 Å². The third kappa shape index (κ3) is 3.38. The van der Waals surface area contributed by atoms with Crippen molar-refractivity contribution in [1.82, 2.24) is 10.2 Å². The molecule has 1 unspecified atom stereocenters. The number of halogens is 1. The van der Waals surface area contributed by atoms with Crippen molar-refractivity contribution in [3.8, 4) is 5.75 Å². The Kier molecular flexibility index (Phi) is 4.85. The lowest BCUT2D eigenvalue weighted by molar-refractivity contribution is -0.126. The Morgan fingerprint density at radius 3 is 2.86 bits per heavy atom. The molecule has 0 saturated carbocycles. The standard InChI is InChI=1S/C22H21ClN2O3/c1-13-10-15(7-8-18(13)23)12-28-20-5-3-4-16-17(20)11-25(22(16)27)19-9-6-14(2)24-21(19)26/h3-5,7-8,10,19H,2,6,9,11-12H2,1H3,(H,24,26). The summed E-state index contributed by atoms with van der Waals surface area (Å²) in [6.45, 7) is 6.50. The van der Waals surface area contributed by atoms with Crippen LogP contribution in [0.15, 0.2) is 48.7 Å². The molecule has 2 aliphatic rings. The molecule has 0 aromatic heterocycles. The Balaban J connectivity index is 1.53. The molecule has 2 amide bonds. The van der Waals surface area contributed by atoms with Gasteiger partial charge in [0.2, 0.25) is 5.91 Å². The van der Waals surface area contributed by atoms with Crippen molar-refractivity contribution >= 4 is 23.4 Å². The SMILES string of the molecule is C=C1CCC(N2Cc3c(OCc4ccc(Cl)c(C)c4)cccc3C2=O)C(=O)N1. The summed E-state index contributed by atoms with van der Waals surface area (Å²) in [5.74, 6) is 0.369. The monoisotopic (exact) mass is 396 g/mol. The van der Waals surface area contributed by atoms with Gasteiger partial charge in [-0.2, -0.15) is 0 Å². The normalized spacial score (nSPS) is 18.9. The molecule has 144 valence electrons. The van der Waals surface area contributed by atoms with Crippen LogP contribution in [0, 0.1) is 6.92 Å². The molecule has 1 saturated heterocycles. The zero-order valence-corrected chi connectivity index (χ0v) is 16.4. The predicted molar refractivity (Wildman–Crippen MR) is 107 cm³/mol. The number of allylic oxidation sites excluding steroid dienone is 1. The number of benzene rings is 2. The van der Waals surface area contributed by atoms with E-state index >= 15 is 0 Å². The van der Waals surface area contributed by atoms with E-state index in [0.717, 1.165) is 21.7 Å². The Hall–Kier alpha value is -2.79. The molecule has 1 fully saturated rings. The van der Waals surface area contributed by atoms with Gasteiger partial charge in [0.15, 0.2) is 0 Å². The highest BCUT2D eigenvalue weighted by Gasteiger charge is 2.39. The number of aryl methyl sites for hydroxylation is 1. The summed E-state index contributed by atoms with van der Waals surface area (Å²) in [7, 11) is 0. The molecular weight excluding hydrogens is 376 g/mol. The van der Waals surface area contributed by atoms with Crippen molar-refractivity contribution in [2.45, 2.75) is 39.0 Å². The van der Waals surface area contributed by atoms with E-state index < -0.39 is 6.04 Å². The second-order valence-corrected chi connectivity index (χ2v) is 7.64. The van der Waals surface area contributed by atoms with Crippen LogP contribution in [-0.2, 0) is 17.9 Å². The molecular formula is C22H21ClN2O3. The summed E-state index contributed by atoms with van der Waals surface area (Å²) in [6, 6.07) is 10.8. The van der Waals surface area contributed by atoms with Crippen LogP contribution in [-0.4, -0.2) is 22.8 Å². The summed E-state index contributed by atoms with van der Waals surface area (Å²) < 4.78 is 6.02. The van der Waals surface area contributed by atoms with E-state index in [1.54, 1.807) is 11.0 Å². The van der Waals surface area contributed by atoms with Gasteiger partial charge in [-0.25, -0.2) is 0 Å². The van der Waals surface area contributed by atoms with Gasteiger partial charge < -0.3 is 15.0 Å². The number of carbonyl (C=O) groups is 2. The molecule has 0 aliphatic carbocycles. The van der Waals surface area contributed by atoms with E-state index in [9.17, 15) is 9.59 Å². The average molecular weight is 397 g/mol. The van der Waals surface area contributed by atoms with E-state index in [4.69, 9.17) is 16.3 Å². The molecule has 2 heterocycles. The van der Waals surface area contributed by atoms with Crippen LogP contribution in [0.25, 0.3) is 0 Å². The first kappa shape index (κ1) is 18.6. The minimum absolute atomic E-state index is 0.129. The van der Waals surface area contributed by atoms with Crippen molar-refractivity contribution < 1.29 is 14.3 Å². The van der Waals surface area contributed by atoms with Crippen molar-refractivity contribution in [3.63, 3.8) is 0 Å². The smallest absolute Gasteiger partial charge is 0.255 e. The van der Waals surface area contributed by atoms with Gasteiger partial charge >= 0.3 is 0 Å². The fourth-order valence-electron chi connectivity index (χ4n) is 3.73. The summed E-state index contributed by atoms with van der Waals surface area (Å²) in [5, 5.41) is 3.48. The molecule has 0 spiro atoms. The van der Waals surface area contributed by atoms with E-state index in [-0.39, 0.29) is 11.8 Å². The minimum atomic E-state index is -0.475. The van der Waals surface area contributed by atoms with E-state index in [1.807, 2.05) is 37.3 Å². The lowest BCUT2D eigenvalue weighted by Gasteiger charge is -2.31. The summed E-state index contributed by atoms with van der Waals surface area (Å²) in [4.78, 5) is 26.9. The topological polar surface area (TPSA) is 58.6 Å². The first-order valence-corrected chi connectivity index (χ1v) is 9.61. The maximum Gasteiger partial charge on any atom is 0.255 e. The van der Waals surface area contributed by atoms with Gasteiger partial charge in [0, 0.05) is 21.8 Å². The van der Waals surface area contributed by atoms with Crippen molar-refractivity contribution in [1.29, 1.82) is 0 Å². The number of piperidine rings is 1. The molecule has 1 atom stereocenters. The van der Waals surface area contributed by atoms with Gasteiger partial charge in [0.05, 0.1) is 6.54 Å². The van der Waals surface area contributed by atoms with Crippen LogP contribution in [0.1, 0.15) is 39.9 Å². The van der Waals surface area contributed by atoms with E-state index in [1.165, 1.54) is 0 Å². The van der Waals surface area contributed by atoms with Crippen LogP contribution in [0.4, 0.5) is 0 Å². The Morgan fingerprint density at radius 2 is 2.11 bits per heavy atom. The van der Waals surface area contributed by atoms with E-state index in [2.05, 4.69) is 11.9 Å². The van der Waals surface area contributed by atoms with Crippen LogP contribution in [0.2, 0.25) is 5.02 Å². The van der Waals surface area contributed by atoms with E-state index in [0.29, 0.717) is 43.0 Å². The Labute approximate surface area is 168 Å². The summed E-state index contributed by atoms with van der Waals surface area (Å²) in [5.41, 5.74) is 4.13. The molecule has 28 heavy (non-hydrogen) atoms. The third-order valence-electron chi connectivity index (χ3n) is 5.27. The van der Waals surface area contributed by atoms with Crippen LogP contribution < -0.4 is 10.1 Å². The molecule has 5 nitrogen and oxygen atoms in total. The molecule has 2 aliphatic heterocycles. The number of nitrogens with zero attached hydrogens (tertiary/aromatic N) is 1. The van der Waals surface area contributed by atoms with Crippen LogP contribution in [0.5, 0.6) is 5.75 Å². The van der Waals surface area contributed by atoms with Gasteiger partial charge in [-0.1, -0.05) is 36.4 Å². The molecule has 4 rings (SSSR count). The van der Waals surface area contributed by atoms with Gasteiger partial charge in [-0.3, -0.25) is 9.59 Å². The lowest BCUT2D eigenvalue weighted by Crippen LogP contribution is -2.49. The maximum absolute atomic E-state index is 12.9. The zero-order chi connectivity index (χ0) is 19.8. The van der Waals surface area contributed by atoms with Crippen molar-refractivity contribution in [2.24, 2.45) is 0 Å². The number of rotatable bonds is 4. The predicted octanol–water partition coefficient (Wildman–Crippen LogP) is 3.98. The number of carbonyl (C=O) groups excluding carboxylic acids is 2. The van der Waals surface area contributed by atoms with Crippen LogP contribution in [0.3, 0.4) is 0 Å². The average Bonchev–Trinajstić information content (AvgIpc) is 3.00. The third-order valence-corrected chi connectivity index (χ3v) is 5.69. The second kappa shape index (κ2) is 7.32. The number of hydrogen-bond donors (Lipinski definition) is 1. The largest absolute Gasteiger partial charge is 0.489 e. The zero-order valence-electron chi connectivity index (χ0n) is 15.6. The van der Waals surface area contributed by atoms with Gasteiger partial charge in [0.25, 0.3) is 5.91 Å². The number of fused-ring (bicyclic) bond motifs is 1. The minimum Gasteiger partial charge on any atom is -0.489 e. The molecule has 6 heteroatoms. The highest BCUT2D eigenvalue weighted by molar-refractivity contribution is 6.31. The molecule has 0 radical (unpaired) electrons. The first-order valence-electron chi connectivity index (χ1n) is 9.23. The summed E-state index contributed by atoms with van der Waals surface area (Å²) >= 11 is 6.08. The first-order chi connectivity index (χ1) is 13.4. The Bertz CT molecular complexity index is 986. The molecule has 2 aromatic carbocycles. The van der Waals surface area contributed by atoms with Gasteiger partial charge in [0.1, 0.15) is 18.4 Å². The fraction of sp³-hybridized carbons (Fsp3) is 0.273. The lowest BCUT2D eigenvalue weighted by atomic mass is 10.0. The summed E-state index contributed by atoms with van der Waals surface area (Å²) in [6.07, 6.45) is 1.26. The molecule has 0 bridgehead atoms. The van der Waals surface area contributed by atoms with Gasteiger partial charge in [-0.15, -0.1) is 0 Å². The molecule has 2 aromatic rings. The molecule has 1 N–H and O–H groups in total. The number of hydrogen-bond acceptors (Lipinski definition) is 3.